The molecule has 1 aromatic rings. The third kappa shape index (κ3) is 2.83. The largest absolute Gasteiger partial charge is 0.396 e. The molecule has 0 saturated heterocycles. The maximum absolute atomic E-state index is 11.1. The van der Waals surface area contributed by atoms with E-state index in [1.807, 2.05) is 0 Å². The summed E-state index contributed by atoms with van der Waals surface area (Å²) in [7, 11) is 0. The Labute approximate surface area is 88.9 Å². The highest BCUT2D eigenvalue weighted by molar-refractivity contribution is 5.80. The number of nitrogen functional groups attached to an aromatic ring is 1. The molecule has 0 spiro atoms. The van der Waals surface area contributed by atoms with Crippen LogP contribution in [0.25, 0.3) is 0 Å². The average molecular weight is 208 g/mol. The van der Waals surface area contributed by atoms with Crippen molar-refractivity contribution in [2.75, 3.05) is 17.6 Å². The van der Waals surface area contributed by atoms with Gasteiger partial charge in [-0.05, 0) is 19.9 Å². The molecule has 0 aliphatic rings. The molecule has 0 radical (unpaired) electrons. The lowest BCUT2D eigenvalue weighted by molar-refractivity contribution is -0.125. The number of carbonyl (C=O) groups is 1. The Kier molecular flexibility index (Phi) is 3.14. The molecular weight excluding hydrogens is 192 g/mol. The Bertz CT molecular complexity index is 362. The van der Waals surface area contributed by atoms with Gasteiger partial charge in [-0.3, -0.25) is 9.78 Å². The van der Waals surface area contributed by atoms with E-state index in [1.54, 1.807) is 32.3 Å². The third-order valence-corrected chi connectivity index (χ3v) is 2.24. The Hall–Kier alpha value is -1.78. The van der Waals surface area contributed by atoms with Gasteiger partial charge in [0.1, 0.15) is 0 Å². The van der Waals surface area contributed by atoms with Crippen LogP contribution in [0.15, 0.2) is 18.5 Å². The Balaban J connectivity index is 2.66. The van der Waals surface area contributed by atoms with Gasteiger partial charge in [0, 0.05) is 12.7 Å². The van der Waals surface area contributed by atoms with Gasteiger partial charge < -0.3 is 16.8 Å². The summed E-state index contributed by atoms with van der Waals surface area (Å²) in [6.07, 6.45) is 3.19. The summed E-state index contributed by atoms with van der Waals surface area (Å²) < 4.78 is 0. The molecule has 1 heterocycles. The summed E-state index contributed by atoms with van der Waals surface area (Å²) in [5.74, 6) is -0.345. The first kappa shape index (κ1) is 11.3. The Morgan fingerprint density at radius 2 is 2.27 bits per heavy atom. The number of primary amides is 1. The SMILES string of the molecule is CC(C)(CNc1ccncc1N)C(N)=O. The lowest BCUT2D eigenvalue weighted by Gasteiger charge is -2.21. The fourth-order valence-electron chi connectivity index (χ4n) is 0.971. The van der Waals surface area contributed by atoms with Crippen LogP contribution in [-0.4, -0.2) is 17.4 Å². The van der Waals surface area contributed by atoms with Crippen molar-refractivity contribution in [2.45, 2.75) is 13.8 Å². The minimum atomic E-state index is -0.601. The summed E-state index contributed by atoms with van der Waals surface area (Å²) >= 11 is 0. The topological polar surface area (TPSA) is 94.0 Å². The summed E-state index contributed by atoms with van der Waals surface area (Å²) in [5.41, 5.74) is 11.7. The van der Waals surface area contributed by atoms with Crippen molar-refractivity contribution >= 4 is 17.3 Å². The zero-order chi connectivity index (χ0) is 11.5. The first-order valence-corrected chi connectivity index (χ1v) is 4.67. The molecule has 0 saturated carbocycles. The zero-order valence-corrected chi connectivity index (χ0v) is 8.95. The second-order valence-corrected chi connectivity index (χ2v) is 4.06. The highest BCUT2D eigenvalue weighted by Crippen LogP contribution is 2.19. The van der Waals surface area contributed by atoms with E-state index in [9.17, 15) is 4.79 Å². The van der Waals surface area contributed by atoms with Crippen LogP contribution in [0.5, 0.6) is 0 Å². The quantitative estimate of drug-likeness (QED) is 0.675. The second kappa shape index (κ2) is 4.16. The molecule has 0 fully saturated rings. The van der Waals surface area contributed by atoms with Crippen molar-refractivity contribution in [2.24, 2.45) is 11.1 Å². The van der Waals surface area contributed by atoms with Crippen LogP contribution in [0.1, 0.15) is 13.8 Å². The van der Waals surface area contributed by atoms with Crippen LogP contribution < -0.4 is 16.8 Å². The molecule has 1 amide bonds. The van der Waals surface area contributed by atoms with Gasteiger partial charge in [-0.2, -0.15) is 0 Å². The van der Waals surface area contributed by atoms with Gasteiger partial charge >= 0.3 is 0 Å². The molecule has 0 atom stereocenters. The van der Waals surface area contributed by atoms with E-state index in [1.165, 1.54) is 0 Å². The number of nitrogens with one attached hydrogen (secondary N) is 1. The molecular formula is C10H16N4O. The van der Waals surface area contributed by atoms with Crippen molar-refractivity contribution in [3.05, 3.63) is 18.5 Å². The Morgan fingerprint density at radius 3 is 2.80 bits per heavy atom. The van der Waals surface area contributed by atoms with Crippen molar-refractivity contribution in [1.29, 1.82) is 0 Å². The van der Waals surface area contributed by atoms with E-state index in [4.69, 9.17) is 11.5 Å². The first-order chi connectivity index (χ1) is 6.93. The van der Waals surface area contributed by atoms with Crippen LogP contribution in [-0.2, 0) is 4.79 Å². The number of rotatable bonds is 4. The van der Waals surface area contributed by atoms with Gasteiger partial charge in [0.05, 0.1) is 23.0 Å². The summed E-state index contributed by atoms with van der Waals surface area (Å²) in [6, 6.07) is 1.76. The molecule has 0 aliphatic heterocycles. The number of hydrogen-bond donors (Lipinski definition) is 3. The van der Waals surface area contributed by atoms with E-state index >= 15 is 0 Å². The fourth-order valence-corrected chi connectivity index (χ4v) is 0.971. The maximum Gasteiger partial charge on any atom is 0.224 e. The highest BCUT2D eigenvalue weighted by atomic mass is 16.1. The minimum absolute atomic E-state index is 0.345. The van der Waals surface area contributed by atoms with E-state index in [-0.39, 0.29) is 5.91 Å². The molecule has 5 N–H and O–H groups in total. The molecule has 0 aromatic carbocycles. The number of anilines is 2. The first-order valence-electron chi connectivity index (χ1n) is 4.67. The van der Waals surface area contributed by atoms with Gasteiger partial charge in [0.15, 0.2) is 0 Å². The number of hydrogen-bond acceptors (Lipinski definition) is 4. The molecule has 5 nitrogen and oxygen atoms in total. The van der Waals surface area contributed by atoms with Gasteiger partial charge in [-0.25, -0.2) is 0 Å². The smallest absolute Gasteiger partial charge is 0.224 e. The van der Waals surface area contributed by atoms with E-state index in [0.29, 0.717) is 12.2 Å². The average Bonchev–Trinajstić information content (AvgIpc) is 2.16. The Morgan fingerprint density at radius 1 is 1.60 bits per heavy atom. The number of nitrogens with two attached hydrogens (primary N) is 2. The summed E-state index contributed by atoms with van der Waals surface area (Å²) in [5, 5.41) is 3.07. The maximum atomic E-state index is 11.1. The molecule has 5 heteroatoms. The lowest BCUT2D eigenvalue weighted by Crippen LogP contribution is -2.37. The second-order valence-electron chi connectivity index (χ2n) is 4.06. The van der Waals surface area contributed by atoms with Crippen LogP contribution in [0.3, 0.4) is 0 Å². The van der Waals surface area contributed by atoms with Crippen LogP contribution >= 0.6 is 0 Å². The van der Waals surface area contributed by atoms with Gasteiger partial charge in [0.25, 0.3) is 0 Å². The molecule has 0 aliphatic carbocycles. The number of aromatic nitrogens is 1. The molecule has 15 heavy (non-hydrogen) atoms. The monoisotopic (exact) mass is 208 g/mol. The van der Waals surface area contributed by atoms with Crippen LogP contribution in [0.4, 0.5) is 11.4 Å². The highest BCUT2D eigenvalue weighted by Gasteiger charge is 2.24. The normalized spacial score (nSPS) is 11.1. The number of nitrogens with zero attached hydrogens (tertiary/aromatic N) is 1. The standard InChI is InChI=1S/C10H16N4O/c1-10(2,9(12)15)6-14-8-3-4-13-5-7(8)11/h3-5H,6,11H2,1-2H3,(H2,12,15)(H,13,14). The molecule has 0 unspecified atom stereocenters. The summed E-state index contributed by atoms with van der Waals surface area (Å²) in [4.78, 5) is 14.9. The fraction of sp³-hybridized carbons (Fsp3) is 0.400. The number of pyridine rings is 1. The third-order valence-electron chi connectivity index (χ3n) is 2.24. The van der Waals surface area contributed by atoms with E-state index in [0.717, 1.165) is 5.69 Å². The van der Waals surface area contributed by atoms with Gasteiger partial charge in [-0.15, -0.1) is 0 Å². The van der Waals surface area contributed by atoms with E-state index in [2.05, 4.69) is 10.3 Å². The van der Waals surface area contributed by atoms with Gasteiger partial charge in [0.2, 0.25) is 5.91 Å². The zero-order valence-electron chi connectivity index (χ0n) is 8.95. The number of carbonyl (C=O) groups excluding carboxylic acids is 1. The van der Waals surface area contributed by atoms with Crippen molar-refractivity contribution in [1.82, 2.24) is 4.98 Å². The lowest BCUT2D eigenvalue weighted by atomic mass is 9.93. The minimum Gasteiger partial charge on any atom is -0.396 e. The van der Waals surface area contributed by atoms with Crippen LogP contribution in [0.2, 0.25) is 0 Å². The molecule has 1 rings (SSSR count). The predicted molar refractivity (Wildman–Crippen MR) is 60.1 cm³/mol. The molecule has 82 valence electrons. The predicted octanol–water partition coefficient (Wildman–Crippen LogP) is 0.587. The molecule has 1 aromatic heterocycles. The molecule has 0 bridgehead atoms. The van der Waals surface area contributed by atoms with Crippen molar-refractivity contribution in [3.8, 4) is 0 Å². The van der Waals surface area contributed by atoms with Crippen molar-refractivity contribution in [3.63, 3.8) is 0 Å². The van der Waals surface area contributed by atoms with E-state index < -0.39 is 5.41 Å². The summed E-state index contributed by atoms with van der Waals surface area (Å²) in [6.45, 7) is 4.00. The van der Waals surface area contributed by atoms with Crippen LogP contribution in [0, 0.1) is 5.41 Å². The number of amides is 1. The van der Waals surface area contributed by atoms with Crippen molar-refractivity contribution < 1.29 is 4.79 Å². The van der Waals surface area contributed by atoms with Gasteiger partial charge in [-0.1, -0.05) is 0 Å².